The van der Waals surface area contributed by atoms with Gasteiger partial charge in [-0.05, 0) is 24.6 Å². The highest BCUT2D eigenvalue weighted by Gasteiger charge is 2.31. The van der Waals surface area contributed by atoms with E-state index < -0.39 is 24.8 Å². The molecule has 0 aliphatic carbocycles. The zero-order chi connectivity index (χ0) is 13.8. The molecule has 19 heavy (non-hydrogen) atoms. The summed E-state index contributed by atoms with van der Waals surface area (Å²) in [6, 6.07) is 2.76. The van der Waals surface area contributed by atoms with Crippen LogP contribution in [0.2, 0.25) is 0 Å². The van der Waals surface area contributed by atoms with Crippen LogP contribution in [0, 0.1) is 0 Å². The molecule has 1 aromatic rings. The van der Waals surface area contributed by atoms with Crippen LogP contribution in [0.25, 0.3) is 0 Å². The Morgan fingerprint density at radius 3 is 2.42 bits per heavy atom. The Hall–Kier alpha value is -1.21. The van der Waals surface area contributed by atoms with E-state index in [4.69, 9.17) is 10.5 Å². The lowest BCUT2D eigenvalue weighted by Crippen LogP contribution is -2.18. The van der Waals surface area contributed by atoms with E-state index in [1.54, 1.807) is 0 Å². The van der Waals surface area contributed by atoms with Crippen molar-refractivity contribution in [2.45, 2.75) is 18.8 Å². The van der Waals surface area contributed by atoms with Gasteiger partial charge in [0, 0.05) is 11.6 Å². The molecule has 0 bridgehead atoms. The van der Waals surface area contributed by atoms with Crippen molar-refractivity contribution in [1.82, 2.24) is 0 Å². The Kier molecular flexibility index (Phi) is 6.93. The van der Waals surface area contributed by atoms with E-state index in [9.17, 15) is 17.6 Å². The molecule has 0 aromatic heterocycles. The van der Waals surface area contributed by atoms with Gasteiger partial charge in [0.15, 0.2) is 0 Å². The summed E-state index contributed by atoms with van der Waals surface area (Å²) in [5.74, 6) is -0.113. The van der Waals surface area contributed by atoms with Crippen LogP contribution in [0.4, 0.5) is 17.6 Å². The first-order valence-corrected chi connectivity index (χ1v) is 5.12. The number of hydrogen-bond acceptors (Lipinski definition) is 3. The zero-order valence-corrected chi connectivity index (χ0v) is 10.9. The molecule has 0 heterocycles. The molecule has 0 saturated carbocycles. The predicted molar refractivity (Wildman–Crippen MR) is 64.4 cm³/mol. The summed E-state index contributed by atoms with van der Waals surface area (Å²) >= 11 is 0. The molecular weight excluding hydrogens is 290 g/mol. The number of hydrogen-bond donors (Lipinski definition) is 1. The van der Waals surface area contributed by atoms with E-state index >= 15 is 0 Å². The third kappa shape index (κ3) is 5.52. The van der Waals surface area contributed by atoms with Crippen molar-refractivity contribution in [1.29, 1.82) is 0 Å². The van der Waals surface area contributed by atoms with Gasteiger partial charge in [-0.15, -0.1) is 25.6 Å². The Morgan fingerprint density at radius 1 is 1.32 bits per heavy atom. The largest absolute Gasteiger partial charge is 0.573 e. The normalized spacial score (nSPS) is 12.5. The van der Waals surface area contributed by atoms with Crippen molar-refractivity contribution >= 4 is 12.4 Å². The summed E-state index contributed by atoms with van der Waals surface area (Å²) in [6.45, 7) is -0.672. The lowest BCUT2D eigenvalue weighted by atomic mass is 10.0. The molecule has 0 unspecified atom stereocenters. The molecule has 0 amide bonds. The second kappa shape index (κ2) is 7.40. The van der Waals surface area contributed by atoms with E-state index in [1.165, 1.54) is 13.2 Å². The molecule has 0 aliphatic heterocycles. The lowest BCUT2D eigenvalue weighted by Gasteiger charge is -2.16. The average molecular weight is 304 g/mol. The van der Waals surface area contributed by atoms with Crippen LogP contribution in [0.1, 0.15) is 18.0 Å². The first kappa shape index (κ1) is 17.8. The number of halogens is 5. The number of nitrogens with two attached hydrogens (primary N) is 1. The quantitative estimate of drug-likeness (QED) is 0.848. The fourth-order valence-corrected chi connectivity index (χ4v) is 1.47. The van der Waals surface area contributed by atoms with Gasteiger partial charge in [0.1, 0.15) is 11.5 Å². The maximum Gasteiger partial charge on any atom is 0.573 e. The van der Waals surface area contributed by atoms with Crippen molar-refractivity contribution in [3.63, 3.8) is 0 Å². The monoisotopic (exact) mass is 303 g/mol. The molecule has 1 aromatic carbocycles. The van der Waals surface area contributed by atoms with Crippen LogP contribution >= 0.6 is 12.4 Å². The number of rotatable bonds is 5. The van der Waals surface area contributed by atoms with Gasteiger partial charge in [-0.3, -0.25) is 4.39 Å². The van der Waals surface area contributed by atoms with Crippen LogP contribution in [-0.2, 0) is 0 Å². The Labute approximate surface area is 114 Å². The second-order valence-electron chi connectivity index (χ2n) is 3.54. The molecule has 2 N–H and O–H groups in total. The van der Waals surface area contributed by atoms with Gasteiger partial charge >= 0.3 is 6.36 Å². The van der Waals surface area contributed by atoms with E-state index in [1.807, 2.05) is 0 Å². The van der Waals surface area contributed by atoms with Gasteiger partial charge in [0.2, 0.25) is 0 Å². The van der Waals surface area contributed by atoms with Gasteiger partial charge in [-0.1, -0.05) is 0 Å². The smallest absolute Gasteiger partial charge is 0.496 e. The van der Waals surface area contributed by atoms with Gasteiger partial charge < -0.3 is 15.2 Å². The highest BCUT2D eigenvalue weighted by molar-refractivity contribution is 5.85. The number of ether oxygens (including phenoxy) is 2. The first-order chi connectivity index (χ1) is 8.37. The van der Waals surface area contributed by atoms with Crippen LogP contribution in [-0.4, -0.2) is 20.1 Å². The number of alkyl halides is 4. The average Bonchev–Trinajstić information content (AvgIpc) is 2.27. The van der Waals surface area contributed by atoms with E-state index in [0.29, 0.717) is 5.75 Å². The zero-order valence-electron chi connectivity index (χ0n) is 10.0. The van der Waals surface area contributed by atoms with Gasteiger partial charge in [0.25, 0.3) is 0 Å². The minimum Gasteiger partial charge on any atom is -0.496 e. The highest BCUT2D eigenvalue weighted by atomic mass is 35.5. The summed E-state index contributed by atoms with van der Waals surface area (Å²) < 4.78 is 57.1. The van der Waals surface area contributed by atoms with Crippen molar-refractivity contribution in [2.24, 2.45) is 5.73 Å². The van der Waals surface area contributed by atoms with E-state index in [2.05, 4.69) is 4.74 Å². The minimum atomic E-state index is -4.78. The first-order valence-electron chi connectivity index (χ1n) is 5.12. The SMILES string of the molecule is COc1ccc(OC(F)(F)F)cc1[C@H](N)CCF.Cl. The molecule has 8 heteroatoms. The second-order valence-corrected chi connectivity index (χ2v) is 3.54. The fourth-order valence-electron chi connectivity index (χ4n) is 1.47. The summed E-state index contributed by atoms with van der Waals surface area (Å²) in [6.07, 6.45) is -4.79. The standard InChI is InChI=1S/C11H13F4NO2.ClH/c1-17-10-3-2-7(18-11(13,14)15)6-8(10)9(16)4-5-12;/h2-3,6,9H,4-5,16H2,1H3;1H/t9-;/m1./s1. The van der Waals surface area contributed by atoms with Crippen LogP contribution in [0.5, 0.6) is 11.5 Å². The number of benzene rings is 1. The van der Waals surface area contributed by atoms with Crippen molar-refractivity contribution < 1.29 is 27.0 Å². The highest BCUT2D eigenvalue weighted by Crippen LogP contribution is 2.32. The van der Waals surface area contributed by atoms with Crippen molar-refractivity contribution in [2.75, 3.05) is 13.8 Å². The van der Waals surface area contributed by atoms with Crippen molar-refractivity contribution in [3.8, 4) is 11.5 Å². The van der Waals surface area contributed by atoms with Crippen LogP contribution in [0.3, 0.4) is 0 Å². The molecule has 0 spiro atoms. The van der Waals surface area contributed by atoms with E-state index in [0.717, 1.165) is 12.1 Å². The lowest BCUT2D eigenvalue weighted by molar-refractivity contribution is -0.274. The maximum absolute atomic E-state index is 12.2. The Bertz CT molecular complexity index is 401. The molecular formula is C11H14ClF4NO2. The molecule has 0 saturated heterocycles. The molecule has 0 radical (unpaired) electrons. The molecule has 1 atom stereocenters. The molecule has 110 valence electrons. The molecule has 0 fully saturated rings. The Morgan fingerprint density at radius 2 is 1.95 bits per heavy atom. The van der Waals surface area contributed by atoms with Crippen LogP contribution in [0.15, 0.2) is 18.2 Å². The van der Waals surface area contributed by atoms with E-state index in [-0.39, 0.29) is 24.4 Å². The van der Waals surface area contributed by atoms with Crippen molar-refractivity contribution in [3.05, 3.63) is 23.8 Å². The topological polar surface area (TPSA) is 44.5 Å². The third-order valence-electron chi connectivity index (χ3n) is 2.25. The molecule has 0 aliphatic rings. The summed E-state index contributed by atoms with van der Waals surface area (Å²) in [4.78, 5) is 0. The summed E-state index contributed by atoms with van der Waals surface area (Å²) in [7, 11) is 1.35. The number of methoxy groups -OCH3 is 1. The van der Waals surface area contributed by atoms with Crippen LogP contribution < -0.4 is 15.2 Å². The fraction of sp³-hybridized carbons (Fsp3) is 0.455. The molecule has 1 rings (SSSR count). The van der Waals surface area contributed by atoms with Gasteiger partial charge in [0.05, 0.1) is 13.8 Å². The third-order valence-corrected chi connectivity index (χ3v) is 2.25. The summed E-state index contributed by atoms with van der Waals surface area (Å²) in [5, 5.41) is 0. The predicted octanol–water partition coefficient (Wildman–Crippen LogP) is 3.38. The maximum atomic E-state index is 12.2. The summed E-state index contributed by atoms with van der Waals surface area (Å²) in [5.41, 5.74) is 5.93. The van der Waals surface area contributed by atoms with Gasteiger partial charge in [-0.2, -0.15) is 0 Å². The molecule has 3 nitrogen and oxygen atoms in total. The van der Waals surface area contributed by atoms with Gasteiger partial charge in [-0.25, -0.2) is 0 Å². The Balaban J connectivity index is 0.00000324. The minimum absolute atomic E-state index is 0.